The van der Waals surface area contributed by atoms with Gasteiger partial charge >= 0.3 is 5.97 Å². The highest BCUT2D eigenvalue weighted by atomic mass is 16.5. The molecule has 0 saturated heterocycles. The monoisotopic (exact) mass is 449 g/mol. The predicted octanol–water partition coefficient (Wildman–Crippen LogP) is 3.85. The van der Waals surface area contributed by atoms with Crippen LogP contribution < -0.4 is 10.6 Å². The summed E-state index contributed by atoms with van der Waals surface area (Å²) < 4.78 is 5.58. The second-order valence-electron chi connectivity index (χ2n) is 7.82. The van der Waals surface area contributed by atoms with E-state index in [1.165, 1.54) is 0 Å². The lowest BCUT2D eigenvalue weighted by Gasteiger charge is -2.21. The Morgan fingerprint density at radius 3 is 2.55 bits per heavy atom. The molecule has 1 aliphatic heterocycles. The van der Waals surface area contributed by atoms with Gasteiger partial charge in [-0.05, 0) is 41.3 Å². The molecule has 2 unspecified atom stereocenters. The third-order valence-electron chi connectivity index (χ3n) is 5.34. The van der Waals surface area contributed by atoms with Crippen molar-refractivity contribution in [3.63, 3.8) is 0 Å². The number of hydrogen-bond acceptors (Lipinski definition) is 6. The van der Waals surface area contributed by atoms with E-state index >= 15 is 0 Å². The third-order valence-corrected chi connectivity index (χ3v) is 5.34. The van der Waals surface area contributed by atoms with Crippen LogP contribution in [0.15, 0.2) is 71.9 Å². The molecular weight excluding hydrogens is 422 g/mol. The maximum absolute atomic E-state index is 12.9. The van der Waals surface area contributed by atoms with E-state index in [0.717, 1.165) is 11.1 Å². The van der Waals surface area contributed by atoms with Gasteiger partial charge in [-0.2, -0.15) is 0 Å². The maximum Gasteiger partial charge on any atom is 0.306 e. The summed E-state index contributed by atoms with van der Waals surface area (Å²) in [7, 11) is 0. The summed E-state index contributed by atoms with van der Waals surface area (Å²) in [6, 6.07) is 15.8. The summed E-state index contributed by atoms with van der Waals surface area (Å²) in [6.07, 6.45) is 4.24. The van der Waals surface area contributed by atoms with E-state index in [2.05, 4.69) is 15.8 Å². The largest absolute Gasteiger partial charge is 0.456 e. The van der Waals surface area contributed by atoms with Crippen LogP contribution in [0.4, 0.5) is 5.69 Å². The van der Waals surface area contributed by atoms with Gasteiger partial charge in [-0.15, -0.1) is 4.91 Å². The fourth-order valence-corrected chi connectivity index (χ4v) is 3.48. The summed E-state index contributed by atoms with van der Waals surface area (Å²) in [5.41, 5.74) is 1.94. The van der Waals surface area contributed by atoms with Crippen LogP contribution in [-0.4, -0.2) is 24.3 Å². The van der Waals surface area contributed by atoms with Crippen molar-refractivity contribution in [3.05, 3.63) is 82.8 Å². The summed E-state index contributed by atoms with van der Waals surface area (Å²) >= 11 is 0. The molecular formula is C25H27N3O5. The van der Waals surface area contributed by atoms with Crippen LogP contribution in [-0.2, 0) is 25.7 Å². The zero-order valence-corrected chi connectivity index (χ0v) is 18.2. The van der Waals surface area contributed by atoms with E-state index in [0.29, 0.717) is 18.5 Å². The first kappa shape index (κ1) is 23.8. The summed E-state index contributed by atoms with van der Waals surface area (Å²) in [6.45, 7) is 0.418. The Morgan fingerprint density at radius 2 is 1.82 bits per heavy atom. The topological polar surface area (TPSA) is 114 Å². The molecule has 2 atom stereocenters. The average molecular weight is 450 g/mol. The SMILES string of the molecule is O=Nc1ccc(CNC(=O)CC2C/C=C/CCC(=O)OC(c3ccccc3)CNC2=O)cc1. The molecule has 33 heavy (non-hydrogen) atoms. The first-order valence-corrected chi connectivity index (χ1v) is 10.9. The van der Waals surface area contributed by atoms with Gasteiger partial charge in [0.15, 0.2) is 0 Å². The van der Waals surface area contributed by atoms with E-state index in [4.69, 9.17) is 4.74 Å². The Bertz CT molecular complexity index is 989. The third kappa shape index (κ3) is 7.68. The number of benzene rings is 2. The van der Waals surface area contributed by atoms with Crippen molar-refractivity contribution in [1.82, 2.24) is 10.6 Å². The van der Waals surface area contributed by atoms with E-state index in [1.54, 1.807) is 24.3 Å². The maximum atomic E-state index is 12.9. The molecule has 2 amide bonds. The van der Waals surface area contributed by atoms with Gasteiger partial charge in [0.2, 0.25) is 11.8 Å². The number of hydrogen-bond donors (Lipinski definition) is 2. The van der Waals surface area contributed by atoms with Crippen LogP contribution in [0.5, 0.6) is 0 Å². The smallest absolute Gasteiger partial charge is 0.306 e. The Hall–Kier alpha value is -3.81. The minimum atomic E-state index is -0.593. The highest BCUT2D eigenvalue weighted by molar-refractivity contribution is 5.86. The van der Waals surface area contributed by atoms with Crippen LogP contribution >= 0.6 is 0 Å². The summed E-state index contributed by atoms with van der Waals surface area (Å²) in [5.74, 6) is -1.39. The molecule has 8 nitrogen and oxygen atoms in total. The number of nitroso groups, excluding NO2 is 1. The average Bonchev–Trinajstić information content (AvgIpc) is 2.84. The number of rotatable bonds is 6. The highest BCUT2D eigenvalue weighted by Crippen LogP contribution is 2.20. The fraction of sp³-hybridized carbons (Fsp3) is 0.320. The predicted molar refractivity (Wildman–Crippen MR) is 123 cm³/mol. The van der Waals surface area contributed by atoms with E-state index < -0.39 is 12.0 Å². The zero-order valence-electron chi connectivity index (χ0n) is 18.2. The van der Waals surface area contributed by atoms with Crippen LogP contribution in [0.1, 0.15) is 42.9 Å². The summed E-state index contributed by atoms with van der Waals surface area (Å²) in [4.78, 5) is 48.0. The van der Waals surface area contributed by atoms with Crippen molar-refractivity contribution in [3.8, 4) is 0 Å². The molecule has 0 saturated carbocycles. The van der Waals surface area contributed by atoms with Gasteiger partial charge in [0.05, 0.1) is 12.5 Å². The Labute approximate surface area is 192 Å². The normalized spacial score (nSPS) is 20.4. The second-order valence-corrected chi connectivity index (χ2v) is 7.82. The number of ether oxygens (including phenoxy) is 1. The molecule has 0 fully saturated rings. The van der Waals surface area contributed by atoms with E-state index in [9.17, 15) is 19.3 Å². The molecule has 1 aliphatic rings. The van der Waals surface area contributed by atoms with Crippen molar-refractivity contribution in [2.24, 2.45) is 11.1 Å². The van der Waals surface area contributed by atoms with Crippen LogP contribution in [0.2, 0.25) is 0 Å². The Kier molecular flexibility index (Phi) is 8.88. The van der Waals surface area contributed by atoms with E-state index in [-0.39, 0.29) is 43.7 Å². The molecule has 1 heterocycles. The van der Waals surface area contributed by atoms with Gasteiger partial charge in [-0.25, -0.2) is 0 Å². The molecule has 0 aliphatic carbocycles. The van der Waals surface area contributed by atoms with E-state index in [1.807, 2.05) is 42.5 Å². The Balaban J connectivity index is 1.62. The molecule has 2 aromatic rings. The standard InChI is InChI=1S/C25H27N3O5/c29-23(26-16-18-11-13-21(28-32)14-12-18)15-20-9-5-2-6-10-24(30)33-22(17-27-25(20)31)19-7-3-1-4-8-19/h1-5,7-8,11-14,20,22H,6,9-10,15-17H2,(H,26,29)(H,27,31)/b5-2+. The van der Waals surface area contributed by atoms with Gasteiger partial charge in [-0.3, -0.25) is 14.4 Å². The quantitative estimate of drug-likeness (QED) is 0.395. The fourth-order valence-electron chi connectivity index (χ4n) is 3.48. The van der Waals surface area contributed by atoms with Crippen molar-refractivity contribution < 1.29 is 19.1 Å². The molecule has 0 spiro atoms. The number of carbonyl (C=O) groups is 3. The first-order chi connectivity index (χ1) is 16.0. The molecule has 172 valence electrons. The molecule has 0 bridgehead atoms. The molecule has 2 N–H and O–H groups in total. The number of nitrogens with zero attached hydrogens (tertiary/aromatic N) is 1. The minimum absolute atomic E-state index is 0.0277. The van der Waals surface area contributed by atoms with Crippen LogP contribution in [0, 0.1) is 10.8 Å². The highest BCUT2D eigenvalue weighted by Gasteiger charge is 2.24. The molecule has 8 heteroatoms. The van der Waals surface area contributed by atoms with Gasteiger partial charge in [0, 0.05) is 19.4 Å². The molecule has 3 rings (SSSR count). The van der Waals surface area contributed by atoms with Gasteiger partial charge in [-0.1, -0.05) is 54.6 Å². The number of nitrogens with one attached hydrogen (secondary N) is 2. The van der Waals surface area contributed by atoms with Gasteiger partial charge < -0.3 is 15.4 Å². The number of cyclic esters (lactones) is 1. The van der Waals surface area contributed by atoms with Crippen molar-refractivity contribution in [2.75, 3.05) is 6.54 Å². The van der Waals surface area contributed by atoms with Crippen LogP contribution in [0.25, 0.3) is 0 Å². The first-order valence-electron chi connectivity index (χ1n) is 10.9. The Morgan fingerprint density at radius 1 is 1.06 bits per heavy atom. The van der Waals surface area contributed by atoms with Gasteiger partial charge in [0.25, 0.3) is 0 Å². The number of esters is 1. The molecule has 0 radical (unpaired) electrons. The molecule has 2 aromatic carbocycles. The minimum Gasteiger partial charge on any atom is -0.456 e. The lowest BCUT2D eigenvalue weighted by Crippen LogP contribution is -2.37. The van der Waals surface area contributed by atoms with Crippen LogP contribution in [0.3, 0.4) is 0 Å². The molecule has 0 aromatic heterocycles. The van der Waals surface area contributed by atoms with Crippen molar-refractivity contribution >= 4 is 23.5 Å². The second kappa shape index (κ2) is 12.3. The van der Waals surface area contributed by atoms with Crippen molar-refractivity contribution in [2.45, 2.75) is 38.3 Å². The van der Waals surface area contributed by atoms with Gasteiger partial charge in [0.1, 0.15) is 11.8 Å². The zero-order chi connectivity index (χ0) is 23.5. The number of carbonyl (C=O) groups excluding carboxylic acids is 3. The number of amides is 2. The number of allylic oxidation sites excluding steroid dienone is 2. The van der Waals surface area contributed by atoms with Crippen molar-refractivity contribution in [1.29, 1.82) is 0 Å². The lowest BCUT2D eigenvalue weighted by molar-refractivity contribution is -0.150. The summed E-state index contributed by atoms with van der Waals surface area (Å²) in [5, 5.41) is 8.50. The lowest BCUT2D eigenvalue weighted by atomic mass is 9.98.